The smallest absolute Gasteiger partial charge is 0.164 e. The fraction of sp³-hybridized carbons (Fsp3) is 0. The zero-order chi connectivity index (χ0) is 35.6. The molecule has 8 aromatic carbocycles. The molecule has 3 aromatic heterocycles. The summed E-state index contributed by atoms with van der Waals surface area (Å²) in [6, 6.07) is 60.4. The highest BCUT2D eigenvalue weighted by Crippen LogP contribution is 2.44. The van der Waals surface area contributed by atoms with Crippen LogP contribution in [0, 0.1) is 0 Å². The van der Waals surface area contributed by atoms with Crippen LogP contribution < -0.4 is 0 Å². The van der Waals surface area contributed by atoms with E-state index in [0.29, 0.717) is 17.5 Å². The lowest BCUT2D eigenvalue weighted by atomic mass is 9.93. The van der Waals surface area contributed by atoms with E-state index in [0.717, 1.165) is 93.6 Å². The first-order valence-corrected chi connectivity index (χ1v) is 18.0. The predicted molar refractivity (Wildman–Crippen MR) is 219 cm³/mol. The van der Waals surface area contributed by atoms with Gasteiger partial charge >= 0.3 is 0 Å². The number of aromatic nitrogens is 3. The maximum atomic E-state index is 6.78. The van der Waals surface area contributed by atoms with Crippen LogP contribution in [0.2, 0.25) is 0 Å². The Hall–Kier alpha value is -7.37. The minimum atomic E-state index is 0.557. The first-order valence-electron chi connectivity index (χ1n) is 18.0. The van der Waals surface area contributed by atoms with Crippen molar-refractivity contribution < 1.29 is 8.83 Å². The summed E-state index contributed by atoms with van der Waals surface area (Å²) in [4.78, 5) is 15.7. The second-order valence-electron chi connectivity index (χ2n) is 13.6. The molecule has 0 amide bonds. The Morgan fingerprint density at radius 2 is 0.907 bits per heavy atom. The molecule has 0 N–H and O–H groups in total. The van der Waals surface area contributed by atoms with Crippen molar-refractivity contribution in [1.29, 1.82) is 0 Å². The lowest BCUT2D eigenvalue weighted by Gasteiger charge is -2.13. The Bertz CT molecular complexity index is 3220. The fourth-order valence-electron chi connectivity index (χ4n) is 7.78. The zero-order valence-corrected chi connectivity index (χ0v) is 28.9. The third kappa shape index (κ3) is 4.90. The Morgan fingerprint density at radius 1 is 0.315 bits per heavy atom. The molecule has 5 heteroatoms. The van der Waals surface area contributed by atoms with Crippen molar-refractivity contribution in [1.82, 2.24) is 15.0 Å². The van der Waals surface area contributed by atoms with Gasteiger partial charge in [-0.1, -0.05) is 140 Å². The molecule has 0 bridgehead atoms. The predicted octanol–water partition coefficient (Wildman–Crippen LogP) is 13.2. The largest absolute Gasteiger partial charge is 0.456 e. The Labute approximate surface area is 309 Å². The zero-order valence-electron chi connectivity index (χ0n) is 28.9. The molecule has 0 aliphatic heterocycles. The van der Waals surface area contributed by atoms with Gasteiger partial charge in [-0.25, -0.2) is 15.0 Å². The van der Waals surface area contributed by atoms with Crippen molar-refractivity contribution in [2.24, 2.45) is 0 Å². The number of hydrogen-bond donors (Lipinski definition) is 0. The molecule has 0 spiro atoms. The maximum Gasteiger partial charge on any atom is 0.164 e. The summed E-state index contributed by atoms with van der Waals surface area (Å²) in [6.45, 7) is 0. The summed E-state index contributed by atoms with van der Waals surface area (Å²) >= 11 is 0. The molecule has 0 aliphatic carbocycles. The number of rotatable bonds is 5. The molecule has 5 nitrogen and oxygen atoms in total. The van der Waals surface area contributed by atoms with Crippen LogP contribution in [-0.2, 0) is 0 Å². The van der Waals surface area contributed by atoms with Crippen molar-refractivity contribution in [3.63, 3.8) is 0 Å². The van der Waals surface area contributed by atoms with Gasteiger partial charge in [-0.3, -0.25) is 0 Å². The Kier molecular flexibility index (Phi) is 6.79. The quantitative estimate of drug-likeness (QED) is 0.180. The van der Waals surface area contributed by atoms with E-state index in [1.807, 2.05) is 48.5 Å². The van der Waals surface area contributed by atoms with E-state index < -0.39 is 0 Å². The average molecular weight is 692 g/mol. The Balaban J connectivity index is 1.20. The molecule has 0 saturated heterocycles. The highest BCUT2D eigenvalue weighted by molar-refractivity contribution is 6.23. The third-order valence-electron chi connectivity index (χ3n) is 10.3. The molecule has 11 aromatic rings. The van der Waals surface area contributed by atoms with Gasteiger partial charge in [0.25, 0.3) is 0 Å². The molecular formula is C49H29N3O2. The van der Waals surface area contributed by atoms with Gasteiger partial charge in [0.05, 0.1) is 0 Å². The number of benzene rings is 8. The van der Waals surface area contributed by atoms with E-state index in [4.69, 9.17) is 23.8 Å². The first kappa shape index (κ1) is 30.3. The second kappa shape index (κ2) is 12.1. The molecule has 252 valence electrons. The number of hydrogen-bond acceptors (Lipinski definition) is 5. The normalized spacial score (nSPS) is 11.7. The molecule has 0 aliphatic rings. The number of fused-ring (bicyclic) bond motifs is 8. The summed E-state index contributed by atoms with van der Waals surface area (Å²) < 4.78 is 13.1. The lowest BCUT2D eigenvalue weighted by molar-refractivity contribution is 0.669. The summed E-state index contributed by atoms with van der Waals surface area (Å²) in [6.07, 6.45) is 0. The number of furan rings is 2. The van der Waals surface area contributed by atoms with Gasteiger partial charge in [-0.05, 0) is 64.0 Å². The standard InChI is InChI=1S/C49H29N3O2/c1-3-13-30(14-4-1)32-17-11-19-34(27-32)47-50-48(35-25-26-38-37-20-7-9-23-41(37)53-43(38)29-35)52-49(51-47)40-28-33-18-12-22-36(31-15-5-2-6-16-31)44(33)46-45(40)39-21-8-10-24-42(39)54-46/h1-29H. The van der Waals surface area contributed by atoms with Gasteiger partial charge < -0.3 is 8.83 Å². The van der Waals surface area contributed by atoms with Gasteiger partial charge in [-0.2, -0.15) is 0 Å². The van der Waals surface area contributed by atoms with Gasteiger partial charge in [-0.15, -0.1) is 0 Å². The molecule has 3 heterocycles. The second-order valence-corrected chi connectivity index (χ2v) is 13.6. The van der Waals surface area contributed by atoms with E-state index in [1.165, 1.54) is 0 Å². The maximum absolute atomic E-state index is 6.78. The SMILES string of the molecule is c1ccc(-c2cccc(-c3nc(-c4ccc5c(c4)oc4ccccc45)nc(-c4cc5cccc(-c6ccccc6)c5c5oc6ccccc6c45)n3)c2)cc1. The minimum absolute atomic E-state index is 0.557. The molecule has 0 radical (unpaired) electrons. The Morgan fingerprint density at radius 3 is 1.70 bits per heavy atom. The van der Waals surface area contributed by atoms with Crippen molar-refractivity contribution in [3.8, 4) is 56.4 Å². The van der Waals surface area contributed by atoms with Crippen molar-refractivity contribution >= 4 is 54.6 Å². The van der Waals surface area contributed by atoms with Gasteiger partial charge in [0.2, 0.25) is 0 Å². The van der Waals surface area contributed by atoms with Gasteiger partial charge in [0.1, 0.15) is 22.3 Å². The van der Waals surface area contributed by atoms with Crippen LogP contribution >= 0.6 is 0 Å². The summed E-state index contributed by atoms with van der Waals surface area (Å²) in [5, 5.41) is 6.19. The summed E-state index contributed by atoms with van der Waals surface area (Å²) in [5.74, 6) is 1.70. The van der Waals surface area contributed by atoms with E-state index in [9.17, 15) is 0 Å². The van der Waals surface area contributed by atoms with Crippen LogP contribution in [-0.4, -0.2) is 15.0 Å². The molecule has 11 rings (SSSR count). The topological polar surface area (TPSA) is 65.0 Å². The molecule has 0 atom stereocenters. The van der Waals surface area contributed by atoms with Gasteiger partial charge in [0.15, 0.2) is 17.5 Å². The highest BCUT2D eigenvalue weighted by Gasteiger charge is 2.22. The molecule has 54 heavy (non-hydrogen) atoms. The van der Waals surface area contributed by atoms with E-state index in [1.54, 1.807) is 0 Å². The van der Waals surface area contributed by atoms with Crippen LogP contribution in [0.25, 0.3) is 111 Å². The minimum Gasteiger partial charge on any atom is -0.456 e. The van der Waals surface area contributed by atoms with Crippen LogP contribution in [0.15, 0.2) is 185 Å². The monoisotopic (exact) mass is 691 g/mol. The molecular weight excluding hydrogens is 663 g/mol. The third-order valence-corrected chi connectivity index (χ3v) is 10.3. The lowest BCUT2D eigenvalue weighted by Crippen LogP contribution is -2.01. The van der Waals surface area contributed by atoms with E-state index >= 15 is 0 Å². The van der Waals surface area contributed by atoms with Crippen LogP contribution in [0.4, 0.5) is 0 Å². The molecule has 0 saturated carbocycles. The molecule has 0 fully saturated rings. The number of nitrogens with zero attached hydrogens (tertiary/aromatic N) is 3. The summed E-state index contributed by atoms with van der Waals surface area (Å²) in [7, 11) is 0. The van der Waals surface area contributed by atoms with Gasteiger partial charge in [0, 0.05) is 43.6 Å². The number of para-hydroxylation sites is 2. The van der Waals surface area contributed by atoms with Crippen LogP contribution in [0.5, 0.6) is 0 Å². The van der Waals surface area contributed by atoms with Crippen molar-refractivity contribution in [2.75, 3.05) is 0 Å². The van der Waals surface area contributed by atoms with E-state index in [-0.39, 0.29) is 0 Å². The summed E-state index contributed by atoms with van der Waals surface area (Å²) in [5.41, 5.74) is 10.3. The highest BCUT2D eigenvalue weighted by atomic mass is 16.3. The van der Waals surface area contributed by atoms with E-state index in [2.05, 4.69) is 127 Å². The van der Waals surface area contributed by atoms with Crippen molar-refractivity contribution in [2.45, 2.75) is 0 Å². The molecule has 0 unspecified atom stereocenters. The fourth-order valence-corrected chi connectivity index (χ4v) is 7.78. The van der Waals surface area contributed by atoms with Crippen LogP contribution in [0.1, 0.15) is 0 Å². The average Bonchev–Trinajstić information content (AvgIpc) is 3.82. The van der Waals surface area contributed by atoms with Crippen molar-refractivity contribution in [3.05, 3.63) is 176 Å². The van der Waals surface area contributed by atoms with Crippen LogP contribution in [0.3, 0.4) is 0 Å². The first-order chi connectivity index (χ1) is 26.7.